The van der Waals surface area contributed by atoms with Crippen LogP contribution in [-0.2, 0) is 21.2 Å². The molecule has 0 aliphatic carbocycles. The van der Waals surface area contributed by atoms with E-state index < -0.39 is 10.0 Å². The van der Waals surface area contributed by atoms with E-state index in [1.165, 1.54) is 0 Å². The first-order valence-electron chi connectivity index (χ1n) is 6.16. The lowest BCUT2D eigenvalue weighted by atomic mass is 10.2. The molecule has 0 heterocycles. The fourth-order valence-corrected chi connectivity index (χ4v) is 2.47. The van der Waals surface area contributed by atoms with Gasteiger partial charge in [-0.25, -0.2) is 13.1 Å². The molecule has 0 radical (unpaired) electrons. The smallest absolute Gasteiger partial charge is 0.240 e. The predicted molar refractivity (Wildman–Crippen MR) is 72.1 cm³/mol. The Balaban J connectivity index is 2.57. The number of ether oxygens (including phenoxy) is 1. The molecule has 102 valence electrons. The summed E-state index contributed by atoms with van der Waals surface area (Å²) in [6, 6.07) is 6.92. The fraction of sp³-hybridized carbons (Fsp3) is 0.538. The first kappa shape index (κ1) is 15.1. The number of hydrogen-bond acceptors (Lipinski definition) is 3. The standard InChI is InChI=1S/C13H21NO3S/c1-4-12-5-7-13(8-6-12)18(15,16)14-9-10-17-11(2)3/h5-8,11,14H,4,9-10H2,1-3H3. The monoisotopic (exact) mass is 271 g/mol. The largest absolute Gasteiger partial charge is 0.377 e. The Morgan fingerprint density at radius 3 is 2.33 bits per heavy atom. The highest BCUT2D eigenvalue weighted by atomic mass is 32.2. The molecule has 0 fully saturated rings. The van der Waals surface area contributed by atoms with E-state index in [2.05, 4.69) is 4.72 Å². The maximum Gasteiger partial charge on any atom is 0.240 e. The molecule has 0 saturated carbocycles. The minimum atomic E-state index is -3.41. The minimum Gasteiger partial charge on any atom is -0.377 e. The molecule has 0 aromatic heterocycles. The molecule has 0 spiro atoms. The summed E-state index contributed by atoms with van der Waals surface area (Å²) in [4.78, 5) is 0.296. The van der Waals surface area contributed by atoms with Crippen LogP contribution in [0.3, 0.4) is 0 Å². The van der Waals surface area contributed by atoms with Crippen molar-refractivity contribution in [2.75, 3.05) is 13.2 Å². The van der Waals surface area contributed by atoms with Gasteiger partial charge in [0, 0.05) is 6.54 Å². The topological polar surface area (TPSA) is 55.4 Å². The Morgan fingerprint density at radius 2 is 1.83 bits per heavy atom. The molecule has 1 aromatic carbocycles. The molecule has 0 aliphatic rings. The zero-order valence-electron chi connectivity index (χ0n) is 11.1. The van der Waals surface area contributed by atoms with Crippen molar-refractivity contribution in [1.82, 2.24) is 4.72 Å². The van der Waals surface area contributed by atoms with Crippen LogP contribution >= 0.6 is 0 Å². The molecule has 0 amide bonds. The van der Waals surface area contributed by atoms with Crippen LogP contribution < -0.4 is 4.72 Å². The number of nitrogens with one attached hydrogen (secondary N) is 1. The SMILES string of the molecule is CCc1ccc(S(=O)(=O)NCCOC(C)C)cc1. The Bertz CT molecular complexity index is 452. The van der Waals surface area contributed by atoms with Crippen molar-refractivity contribution in [3.05, 3.63) is 29.8 Å². The van der Waals surface area contributed by atoms with Gasteiger partial charge in [-0.2, -0.15) is 0 Å². The Kier molecular flexibility index (Phi) is 5.78. The van der Waals surface area contributed by atoms with Gasteiger partial charge in [0.1, 0.15) is 0 Å². The van der Waals surface area contributed by atoms with E-state index in [1.807, 2.05) is 32.9 Å². The van der Waals surface area contributed by atoms with Gasteiger partial charge in [-0.15, -0.1) is 0 Å². The van der Waals surface area contributed by atoms with E-state index in [9.17, 15) is 8.42 Å². The van der Waals surface area contributed by atoms with Crippen LogP contribution in [0.5, 0.6) is 0 Å². The zero-order chi connectivity index (χ0) is 13.6. The zero-order valence-corrected chi connectivity index (χ0v) is 12.0. The Labute approximate surface area is 109 Å². The normalized spacial score (nSPS) is 12.0. The molecule has 1 N–H and O–H groups in total. The summed E-state index contributed by atoms with van der Waals surface area (Å²) in [5.74, 6) is 0. The average molecular weight is 271 g/mol. The third-order valence-corrected chi connectivity index (χ3v) is 3.96. The van der Waals surface area contributed by atoms with E-state index in [0.29, 0.717) is 11.5 Å². The van der Waals surface area contributed by atoms with Gasteiger partial charge >= 0.3 is 0 Å². The van der Waals surface area contributed by atoms with E-state index in [4.69, 9.17) is 4.74 Å². The van der Waals surface area contributed by atoms with Crippen LogP contribution in [0.1, 0.15) is 26.3 Å². The predicted octanol–water partition coefficient (Wildman–Crippen LogP) is 1.95. The van der Waals surface area contributed by atoms with Gasteiger partial charge in [-0.3, -0.25) is 0 Å². The molecular formula is C13H21NO3S. The van der Waals surface area contributed by atoms with Crippen LogP contribution in [0.4, 0.5) is 0 Å². The van der Waals surface area contributed by atoms with Crippen molar-refractivity contribution in [2.45, 2.75) is 38.2 Å². The van der Waals surface area contributed by atoms with Crippen molar-refractivity contribution >= 4 is 10.0 Å². The second-order valence-electron chi connectivity index (χ2n) is 4.31. The molecule has 1 rings (SSSR count). The second kappa shape index (κ2) is 6.87. The van der Waals surface area contributed by atoms with Gasteiger partial charge in [0.2, 0.25) is 10.0 Å². The summed E-state index contributed by atoms with van der Waals surface area (Å²) >= 11 is 0. The van der Waals surface area contributed by atoms with Gasteiger partial charge in [-0.05, 0) is 38.0 Å². The molecule has 5 heteroatoms. The summed E-state index contributed by atoms with van der Waals surface area (Å²) in [7, 11) is -3.41. The van der Waals surface area contributed by atoms with Crippen molar-refractivity contribution in [3.8, 4) is 0 Å². The molecule has 1 aromatic rings. The van der Waals surface area contributed by atoms with Crippen molar-refractivity contribution in [2.24, 2.45) is 0 Å². The highest BCUT2D eigenvalue weighted by Crippen LogP contribution is 2.10. The number of benzene rings is 1. The molecule has 18 heavy (non-hydrogen) atoms. The lowest BCUT2D eigenvalue weighted by Gasteiger charge is -2.09. The van der Waals surface area contributed by atoms with E-state index >= 15 is 0 Å². The first-order valence-corrected chi connectivity index (χ1v) is 7.64. The number of aryl methyl sites for hydroxylation is 1. The van der Waals surface area contributed by atoms with Crippen molar-refractivity contribution in [1.29, 1.82) is 0 Å². The quantitative estimate of drug-likeness (QED) is 0.771. The first-order chi connectivity index (χ1) is 8.45. The van der Waals surface area contributed by atoms with Gasteiger partial charge in [0.25, 0.3) is 0 Å². The summed E-state index contributed by atoms with van der Waals surface area (Å²) in [5.41, 5.74) is 1.12. The molecular weight excluding hydrogens is 250 g/mol. The van der Waals surface area contributed by atoms with Crippen LogP contribution in [-0.4, -0.2) is 27.7 Å². The van der Waals surface area contributed by atoms with Crippen LogP contribution in [0, 0.1) is 0 Å². The molecule has 4 nitrogen and oxygen atoms in total. The molecule has 0 bridgehead atoms. The third kappa shape index (κ3) is 4.76. The lowest BCUT2D eigenvalue weighted by molar-refractivity contribution is 0.0834. The highest BCUT2D eigenvalue weighted by molar-refractivity contribution is 7.89. The molecule has 0 unspecified atom stereocenters. The Morgan fingerprint density at radius 1 is 1.22 bits per heavy atom. The lowest BCUT2D eigenvalue weighted by Crippen LogP contribution is -2.28. The number of hydrogen-bond donors (Lipinski definition) is 1. The second-order valence-corrected chi connectivity index (χ2v) is 6.08. The molecule has 0 atom stereocenters. The van der Waals surface area contributed by atoms with Crippen molar-refractivity contribution in [3.63, 3.8) is 0 Å². The van der Waals surface area contributed by atoms with E-state index in [1.54, 1.807) is 12.1 Å². The fourth-order valence-electron chi connectivity index (χ4n) is 1.46. The van der Waals surface area contributed by atoms with Crippen LogP contribution in [0.15, 0.2) is 29.2 Å². The van der Waals surface area contributed by atoms with Gasteiger partial charge in [0.05, 0.1) is 17.6 Å². The van der Waals surface area contributed by atoms with Crippen LogP contribution in [0.25, 0.3) is 0 Å². The number of sulfonamides is 1. The number of rotatable bonds is 7. The minimum absolute atomic E-state index is 0.110. The van der Waals surface area contributed by atoms with Crippen molar-refractivity contribution < 1.29 is 13.2 Å². The Hall–Kier alpha value is -0.910. The summed E-state index contributed by atoms with van der Waals surface area (Å²) in [5, 5.41) is 0. The molecule has 0 saturated heterocycles. The summed E-state index contributed by atoms with van der Waals surface area (Å²) in [6.07, 6.45) is 1.01. The van der Waals surface area contributed by atoms with E-state index in [-0.39, 0.29) is 12.6 Å². The maximum atomic E-state index is 11.9. The van der Waals surface area contributed by atoms with Gasteiger partial charge in [0.15, 0.2) is 0 Å². The van der Waals surface area contributed by atoms with Crippen LogP contribution in [0.2, 0.25) is 0 Å². The van der Waals surface area contributed by atoms with Gasteiger partial charge < -0.3 is 4.74 Å². The average Bonchev–Trinajstić information content (AvgIpc) is 2.34. The third-order valence-electron chi connectivity index (χ3n) is 2.49. The van der Waals surface area contributed by atoms with E-state index in [0.717, 1.165) is 12.0 Å². The summed E-state index contributed by atoms with van der Waals surface area (Å²) < 4.78 is 31.6. The molecule has 0 aliphatic heterocycles. The van der Waals surface area contributed by atoms with Gasteiger partial charge in [-0.1, -0.05) is 19.1 Å². The maximum absolute atomic E-state index is 11.9. The highest BCUT2D eigenvalue weighted by Gasteiger charge is 2.12. The summed E-state index contributed by atoms with van der Waals surface area (Å²) in [6.45, 7) is 6.53.